The Morgan fingerprint density at radius 3 is 2.11 bits per heavy atom. The molecule has 0 spiro atoms. The summed E-state index contributed by atoms with van der Waals surface area (Å²) < 4.78 is 80.5. The van der Waals surface area contributed by atoms with Crippen LogP contribution in [-0.2, 0) is 29.0 Å². The topological polar surface area (TPSA) is 26.8 Å². The van der Waals surface area contributed by atoms with Crippen LogP contribution in [0.3, 0.4) is 0 Å². The first kappa shape index (κ1) is 33.1. The standard InChI is InChI=1S/C33H40ClF6N3O/c34-28-7-4-6-25(22-28)31(11-17-41-15-8-29(9-16-41)42-12-2-1-3-13-42)10-5-14-43(23-31)30(44)20-24-18-26(32(35,36)37)21-27(19-24)33(38,39)40/h4,6-7,18-19,21-22,29H,1-3,5,8-17,20,23H2/t31-/m1/s1. The highest BCUT2D eigenvalue weighted by Crippen LogP contribution is 2.40. The lowest BCUT2D eigenvalue weighted by Gasteiger charge is -2.45. The lowest BCUT2D eigenvalue weighted by Crippen LogP contribution is -2.51. The van der Waals surface area contributed by atoms with E-state index >= 15 is 0 Å². The Morgan fingerprint density at radius 1 is 0.841 bits per heavy atom. The molecule has 5 rings (SSSR count). The molecule has 3 saturated heterocycles. The number of rotatable bonds is 7. The van der Waals surface area contributed by atoms with Gasteiger partial charge < -0.3 is 14.7 Å². The van der Waals surface area contributed by atoms with Gasteiger partial charge in [0.15, 0.2) is 0 Å². The van der Waals surface area contributed by atoms with Gasteiger partial charge in [-0.15, -0.1) is 0 Å². The minimum absolute atomic E-state index is 0.0916. The van der Waals surface area contributed by atoms with Crippen molar-refractivity contribution in [1.29, 1.82) is 0 Å². The maximum Gasteiger partial charge on any atom is 0.416 e. The van der Waals surface area contributed by atoms with E-state index in [1.807, 2.05) is 18.2 Å². The third kappa shape index (κ3) is 8.10. The van der Waals surface area contributed by atoms with Crippen molar-refractivity contribution in [2.45, 2.75) is 81.6 Å². The van der Waals surface area contributed by atoms with Gasteiger partial charge in [0.2, 0.25) is 5.91 Å². The van der Waals surface area contributed by atoms with Gasteiger partial charge in [-0.1, -0.05) is 30.2 Å². The molecule has 11 heteroatoms. The number of benzene rings is 2. The highest BCUT2D eigenvalue weighted by Gasteiger charge is 2.40. The Hall–Kier alpha value is -2.30. The molecule has 242 valence electrons. The molecule has 0 unspecified atom stereocenters. The first-order chi connectivity index (χ1) is 20.8. The van der Waals surface area contributed by atoms with Crippen LogP contribution in [-0.4, -0.2) is 72.5 Å². The summed E-state index contributed by atoms with van der Waals surface area (Å²) in [6.07, 6.45) is -2.09. The van der Waals surface area contributed by atoms with Crippen LogP contribution in [0, 0.1) is 0 Å². The number of likely N-dealkylation sites (tertiary alicyclic amines) is 3. The Kier molecular flexibility index (Phi) is 10.2. The summed E-state index contributed by atoms with van der Waals surface area (Å²) in [6, 6.07) is 9.61. The van der Waals surface area contributed by atoms with E-state index in [0.717, 1.165) is 50.9 Å². The number of halogens is 7. The molecular formula is C33H40ClF6N3O. The Balaban J connectivity index is 1.30. The van der Waals surface area contributed by atoms with E-state index in [-0.39, 0.29) is 11.6 Å². The molecule has 3 heterocycles. The fourth-order valence-electron chi connectivity index (χ4n) is 7.32. The minimum atomic E-state index is -4.96. The third-order valence-corrected chi connectivity index (χ3v) is 9.98. The Bertz CT molecular complexity index is 1250. The maximum absolute atomic E-state index is 13.5. The lowest BCUT2D eigenvalue weighted by atomic mass is 9.71. The number of carbonyl (C=O) groups excluding carboxylic acids is 1. The second-order valence-electron chi connectivity index (χ2n) is 12.7. The summed E-state index contributed by atoms with van der Waals surface area (Å²) >= 11 is 6.39. The zero-order chi connectivity index (χ0) is 31.5. The molecule has 3 fully saturated rings. The Labute approximate surface area is 260 Å². The molecule has 44 heavy (non-hydrogen) atoms. The van der Waals surface area contributed by atoms with Crippen LogP contribution in [0.5, 0.6) is 0 Å². The fourth-order valence-corrected chi connectivity index (χ4v) is 7.51. The molecule has 3 aliphatic rings. The number of piperidine rings is 3. The van der Waals surface area contributed by atoms with Crippen LogP contribution in [0.1, 0.15) is 73.6 Å². The van der Waals surface area contributed by atoms with Crippen LogP contribution in [0.2, 0.25) is 5.02 Å². The first-order valence-electron chi connectivity index (χ1n) is 15.6. The molecule has 1 atom stereocenters. The van der Waals surface area contributed by atoms with Gasteiger partial charge >= 0.3 is 12.4 Å². The number of alkyl halides is 6. The van der Waals surface area contributed by atoms with Crippen molar-refractivity contribution in [2.24, 2.45) is 0 Å². The second kappa shape index (κ2) is 13.6. The average Bonchev–Trinajstić information content (AvgIpc) is 3.00. The molecule has 0 bridgehead atoms. The molecule has 2 aromatic carbocycles. The third-order valence-electron chi connectivity index (χ3n) is 9.74. The molecule has 0 aromatic heterocycles. The molecular weight excluding hydrogens is 604 g/mol. The highest BCUT2D eigenvalue weighted by atomic mass is 35.5. The highest BCUT2D eigenvalue weighted by molar-refractivity contribution is 6.30. The van der Waals surface area contributed by atoms with Gasteiger partial charge in [-0.25, -0.2) is 0 Å². The minimum Gasteiger partial charge on any atom is -0.342 e. The van der Waals surface area contributed by atoms with Crippen LogP contribution < -0.4 is 0 Å². The average molecular weight is 644 g/mol. The SMILES string of the molecule is O=C(Cc1cc(C(F)(F)F)cc(C(F)(F)F)c1)N1CCC[C@](CCN2CCC(N3CCCCC3)CC2)(c2cccc(Cl)c2)C1. The van der Waals surface area contributed by atoms with Crippen LogP contribution >= 0.6 is 11.6 Å². The van der Waals surface area contributed by atoms with Gasteiger partial charge in [0.25, 0.3) is 0 Å². The fraction of sp³-hybridized carbons (Fsp3) is 0.606. The van der Waals surface area contributed by atoms with E-state index < -0.39 is 41.2 Å². The van der Waals surface area contributed by atoms with Gasteiger partial charge in [0.05, 0.1) is 17.5 Å². The molecule has 0 aliphatic carbocycles. The predicted molar refractivity (Wildman–Crippen MR) is 159 cm³/mol. The summed E-state index contributed by atoms with van der Waals surface area (Å²) in [4.78, 5) is 20.2. The summed E-state index contributed by atoms with van der Waals surface area (Å²) in [7, 11) is 0. The largest absolute Gasteiger partial charge is 0.416 e. The predicted octanol–water partition coefficient (Wildman–Crippen LogP) is 7.82. The summed E-state index contributed by atoms with van der Waals surface area (Å²) in [5.74, 6) is -0.481. The first-order valence-corrected chi connectivity index (χ1v) is 16.0. The zero-order valence-corrected chi connectivity index (χ0v) is 25.6. The van der Waals surface area contributed by atoms with Crippen molar-refractivity contribution in [3.63, 3.8) is 0 Å². The van der Waals surface area contributed by atoms with Gasteiger partial charge in [0, 0.05) is 29.6 Å². The van der Waals surface area contributed by atoms with E-state index in [1.165, 1.54) is 32.4 Å². The van der Waals surface area contributed by atoms with E-state index in [4.69, 9.17) is 11.6 Å². The molecule has 3 aliphatic heterocycles. The van der Waals surface area contributed by atoms with Crippen molar-refractivity contribution in [3.05, 3.63) is 69.7 Å². The van der Waals surface area contributed by atoms with Crippen LogP contribution in [0.4, 0.5) is 26.3 Å². The quantitative estimate of drug-likeness (QED) is 0.288. The molecule has 2 aromatic rings. The van der Waals surface area contributed by atoms with E-state index in [1.54, 1.807) is 11.0 Å². The maximum atomic E-state index is 13.5. The van der Waals surface area contributed by atoms with E-state index in [0.29, 0.717) is 42.7 Å². The normalized spacial score (nSPS) is 23.2. The van der Waals surface area contributed by atoms with Crippen LogP contribution in [0.15, 0.2) is 42.5 Å². The number of hydrogen-bond donors (Lipinski definition) is 0. The lowest BCUT2D eigenvalue weighted by molar-refractivity contribution is -0.143. The molecule has 0 saturated carbocycles. The number of amides is 1. The molecule has 4 nitrogen and oxygen atoms in total. The van der Waals surface area contributed by atoms with Gasteiger partial charge in [0.1, 0.15) is 0 Å². The van der Waals surface area contributed by atoms with Crippen molar-refractivity contribution in [1.82, 2.24) is 14.7 Å². The molecule has 0 N–H and O–H groups in total. The van der Waals surface area contributed by atoms with Crippen molar-refractivity contribution in [2.75, 3.05) is 45.8 Å². The van der Waals surface area contributed by atoms with Gasteiger partial charge in [-0.3, -0.25) is 4.79 Å². The van der Waals surface area contributed by atoms with Crippen molar-refractivity contribution >= 4 is 17.5 Å². The molecule has 0 radical (unpaired) electrons. The summed E-state index contributed by atoms with van der Waals surface area (Å²) in [6.45, 7) is 5.95. The summed E-state index contributed by atoms with van der Waals surface area (Å²) in [5.41, 5.74) is -2.54. The Morgan fingerprint density at radius 2 is 1.50 bits per heavy atom. The number of hydrogen-bond acceptors (Lipinski definition) is 3. The smallest absolute Gasteiger partial charge is 0.342 e. The van der Waals surface area contributed by atoms with E-state index in [2.05, 4.69) is 9.80 Å². The van der Waals surface area contributed by atoms with E-state index in [9.17, 15) is 31.1 Å². The second-order valence-corrected chi connectivity index (χ2v) is 13.2. The van der Waals surface area contributed by atoms with Crippen LogP contribution in [0.25, 0.3) is 0 Å². The number of carbonyl (C=O) groups is 1. The van der Waals surface area contributed by atoms with Gasteiger partial charge in [-0.2, -0.15) is 26.3 Å². The zero-order valence-electron chi connectivity index (χ0n) is 24.8. The molecule has 1 amide bonds. The monoisotopic (exact) mass is 643 g/mol. The van der Waals surface area contributed by atoms with Gasteiger partial charge in [-0.05, 0) is 119 Å². The number of nitrogens with zero attached hydrogens (tertiary/aromatic N) is 3. The van der Waals surface area contributed by atoms with Crippen molar-refractivity contribution < 1.29 is 31.1 Å². The van der Waals surface area contributed by atoms with Crippen molar-refractivity contribution in [3.8, 4) is 0 Å². The summed E-state index contributed by atoms with van der Waals surface area (Å²) in [5, 5.41) is 0.580.